The first-order valence-electron chi connectivity index (χ1n) is 7.59. The third kappa shape index (κ3) is 2.11. The summed E-state index contributed by atoms with van der Waals surface area (Å²) in [5.74, 6) is 3.97. The molecule has 0 spiro atoms. The molecule has 102 valence electrons. The number of sulfonamides is 1. The SMILES string of the molecule is O=S(=O)(CC1CC1)NC1C2CC3CC(C2)CC1C3. The maximum absolute atomic E-state index is 12.2. The summed E-state index contributed by atoms with van der Waals surface area (Å²) >= 11 is 0. The lowest BCUT2D eigenvalue weighted by molar-refractivity contribution is -0.00558. The predicted octanol–water partition coefficient (Wildman–Crippen LogP) is 2.14. The van der Waals surface area contributed by atoms with Crippen molar-refractivity contribution in [1.82, 2.24) is 4.72 Å². The molecule has 0 aromatic carbocycles. The van der Waals surface area contributed by atoms with E-state index in [1.807, 2.05) is 0 Å². The molecule has 0 saturated heterocycles. The van der Waals surface area contributed by atoms with E-state index in [4.69, 9.17) is 0 Å². The van der Waals surface area contributed by atoms with Gasteiger partial charge in [0, 0.05) is 6.04 Å². The fourth-order valence-corrected chi connectivity index (χ4v) is 6.82. The fourth-order valence-electron chi connectivity index (χ4n) is 4.97. The van der Waals surface area contributed by atoms with Crippen molar-refractivity contribution in [3.8, 4) is 0 Å². The lowest BCUT2D eigenvalue weighted by Crippen LogP contribution is -2.56. The van der Waals surface area contributed by atoms with Gasteiger partial charge in [-0.15, -0.1) is 0 Å². The monoisotopic (exact) mass is 269 g/mol. The summed E-state index contributed by atoms with van der Waals surface area (Å²) in [5.41, 5.74) is 0. The highest BCUT2D eigenvalue weighted by molar-refractivity contribution is 7.89. The highest BCUT2D eigenvalue weighted by atomic mass is 32.2. The van der Waals surface area contributed by atoms with Gasteiger partial charge in [-0.3, -0.25) is 0 Å². The van der Waals surface area contributed by atoms with Gasteiger partial charge in [-0.1, -0.05) is 0 Å². The molecule has 18 heavy (non-hydrogen) atoms. The van der Waals surface area contributed by atoms with Crippen LogP contribution >= 0.6 is 0 Å². The summed E-state index contributed by atoms with van der Waals surface area (Å²) < 4.78 is 27.4. The Kier molecular flexibility index (Phi) is 2.57. The molecule has 0 atom stereocenters. The van der Waals surface area contributed by atoms with Gasteiger partial charge in [0.15, 0.2) is 0 Å². The molecule has 5 rings (SSSR count). The van der Waals surface area contributed by atoms with Crippen LogP contribution in [0.4, 0.5) is 0 Å². The van der Waals surface area contributed by atoms with Crippen LogP contribution in [0, 0.1) is 29.6 Å². The molecule has 5 saturated carbocycles. The van der Waals surface area contributed by atoms with E-state index in [9.17, 15) is 8.42 Å². The summed E-state index contributed by atoms with van der Waals surface area (Å²) in [7, 11) is -3.01. The fraction of sp³-hybridized carbons (Fsp3) is 1.00. The van der Waals surface area contributed by atoms with Gasteiger partial charge >= 0.3 is 0 Å². The van der Waals surface area contributed by atoms with E-state index in [2.05, 4.69) is 4.72 Å². The molecule has 4 bridgehead atoms. The van der Waals surface area contributed by atoms with Crippen molar-refractivity contribution in [3.63, 3.8) is 0 Å². The largest absolute Gasteiger partial charge is 0.212 e. The molecule has 1 N–H and O–H groups in total. The molecule has 0 aromatic rings. The molecule has 0 aliphatic heterocycles. The van der Waals surface area contributed by atoms with E-state index in [1.165, 1.54) is 32.1 Å². The molecule has 0 aromatic heterocycles. The third-order valence-corrected chi connectivity index (χ3v) is 7.24. The smallest absolute Gasteiger partial charge is 0.212 e. The van der Waals surface area contributed by atoms with Crippen LogP contribution in [0.15, 0.2) is 0 Å². The van der Waals surface area contributed by atoms with Crippen LogP contribution in [-0.2, 0) is 10.0 Å². The third-order valence-electron chi connectivity index (χ3n) is 5.69. The molecule has 4 heteroatoms. The zero-order valence-electron chi connectivity index (χ0n) is 10.8. The maximum atomic E-state index is 12.2. The highest BCUT2D eigenvalue weighted by Crippen LogP contribution is 2.53. The Balaban J connectivity index is 1.48. The predicted molar refractivity (Wildman–Crippen MR) is 70.5 cm³/mol. The van der Waals surface area contributed by atoms with Gasteiger partial charge < -0.3 is 0 Å². The van der Waals surface area contributed by atoms with E-state index in [0.717, 1.165) is 24.7 Å². The molecule has 0 unspecified atom stereocenters. The van der Waals surface area contributed by atoms with Crippen LogP contribution < -0.4 is 4.72 Å². The molecule has 0 amide bonds. The van der Waals surface area contributed by atoms with Gasteiger partial charge in [-0.2, -0.15) is 0 Å². The number of hydrogen-bond donors (Lipinski definition) is 1. The van der Waals surface area contributed by atoms with Crippen molar-refractivity contribution in [3.05, 3.63) is 0 Å². The Labute approximate surface area is 110 Å². The van der Waals surface area contributed by atoms with E-state index in [-0.39, 0.29) is 6.04 Å². The molecule has 0 heterocycles. The summed E-state index contributed by atoms with van der Waals surface area (Å²) in [4.78, 5) is 0. The Morgan fingerprint density at radius 3 is 1.94 bits per heavy atom. The minimum Gasteiger partial charge on any atom is -0.212 e. The minimum absolute atomic E-state index is 0.279. The van der Waals surface area contributed by atoms with Gasteiger partial charge in [0.05, 0.1) is 5.75 Å². The Bertz CT molecular complexity index is 413. The summed E-state index contributed by atoms with van der Waals surface area (Å²) in [6.07, 6.45) is 8.78. The molecular formula is C14H23NO2S. The van der Waals surface area contributed by atoms with Gasteiger partial charge in [0.1, 0.15) is 0 Å². The molecular weight excluding hydrogens is 246 g/mol. The second-order valence-electron chi connectivity index (χ2n) is 7.30. The van der Waals surface area contributed by atoms with Crippen molar-refractivity contribution in [2.45, 2.75) is 51.0 Å². The first-order chi connectivity index (χ1) is 8.59. The molecule has 5 aliphatic carbocycles. The zero-order chi connectivity index (χ0) is 12.3. The number of hydrogen-bond acceptors (Lipinski definition) is 2. The van der Waals surface area contributed by atoms with Crippen molar-refractivity contribution in [2.24, 2.45) is 29.6 Å². The van der Waals surface area contributed by atoms with Crippen molar-refractivity contribution >= 4 is 10.0 Å². The van der Waals surface area contributed by atoms with Crippen LogP contribution in [0.2, 0.25) is 0 Å². The average molecular weight is 269 g/mol. The zero-order valence-corrected chi connectivity index (χ0v) is 11.7. The number of rotatable bonds is 4. The average Bonchev–Trinajstić information content (AvgIpc) is 3.05. The number of nitrogens with one attached hydrogen (secondary N) is 1. The van der Waals surface area contributed by atoms with Crippen LogP contribution in [-0.4, -0.2) is 20.2 Å². The van der Waals surface area contributed by atoms with Gasteiger partial charge in [-0.25, -0.2) is 13.1 Å². The Morgan fingerprint density at radius 2 is 1.44 bits per heavy atom. The van der Waals surface area contributed by atoms with Gasteiger partial charge in [-0.05, 0) is 74.5 Å². The molecule has 5 aliphatic rings. The molecule has 5 fully saturated rings. The molecule has 3 nitrogen and oxygen atoms in total. The standard InChI is InChI=1S/C14H23NO2S/c16-18(17,8-9-1-2-9)15-14-12-4-10-3-11(6-12)7-13(14)5-10/h9-15H,1-8H2. The second-order valence-corrected chi connectivity index (χ2v) is 9.10. The summed E-state index contributed by atoms with van der Waals surface area (Å²) in [6.45, 7) is 0. The summed E-state index contributed by atoms with van der Waals surface area (Å²) in [6, 6.07) is 0.279. The normalized spacial score (nSPS) is 46.6. The lowest BCUT2D eigenvalue weighted by Gasteiger charge is -2.54. The minimum atomic E-state index is -3.01. The highest BCUT2D eigenvalue weighted by Gasteiger charge is 2.49. The van der Waals surface area contributed by atoms with E-state index < -0.39 is 10.0 Å². The topological polar surface area (TPSA) is 46.2 Å². The van der Waals surface area contributed by atoms with Gasteiger partial charge in [0.2, 0.25) is 10.0 Å². The first-order valence-corrected chi connectivity index (χ1v) is 9.24. The Morgan fingerprint density at radius 1 is 0.889 bits per heavy atom. The summed E-state index contributed by atoms with van der Waals surface area (Å²) in [5, 5.41) is 0. The Hall–Kier alpha value is -0.0900. The van der Waals surface area contributed by atoms with Crippen molar-refractivity contribution < 1.29 is 8.42 Å². The first kappa shape index (κ1) is 11.7. The quantitative estimate of drug-likeness (QED) is 0.850. The van der Waals surface area contributed by atoms with E-state index in [0.29, 0.717) is 23.5 Å². The van der Waals surface area contributed by atoms with Crippen molar-refractivity contribution in [2.75, 3.05) is 5.75 Å². The maximum Gasteiger partial charge on any atom is 0.212 e. The lowest BCUT2D eigenvalue weighted by atomic mass is 9.54. The van der Waals surface area contributed by atoms with Crippen LogP contribution in [0.1, 0.15) is 44.9 Å². The van der Waals surface area contributed by atoms with Crippen molar-refractivity contribution in [1.29, 1.82) is 0 Å². The van der Waals surface area contributed by atoms with E-state index in [1.54, 1.807) is 0 Å². The second kappa shape index (κ2) is 3.95. The van der Waals surface area contributed by atoms with Crippen LogP contribution in [0.3, 0.4) is 0 Å². The van der Waals surface area contributed by atoms with E-state index >= 15 is 0 Å². The van der Waals surface area contributed by atoms with Crippen LogP contribution in [0.25, 0.3) is 0 Å². The van der Waals surface area contributed by atoms with Crippen LogP contribution in [0.5, 0.6) is 0 Å². The van der Waals surface area contributed by atoms with Gasteiger partial charge in [0.25, 0.3) is 0 Å². The molecule has 0 radical (unpaired) electrons.